The third-order valence-electron chi connectivity index (χ3n) is 1.38. The van der Waals surface area contributed by atoms with Crippen LogP contribution < -0.4 is 0 Å². The van der Waals surface area contributed by atoms with Crippen molar-refractivity contribution in [2.24, 2.45) is 0 Å². The van der Waals surface area contributed by atoms with E-state index in [2.05, 4.69) is 5.92 Å². The van der Waals surface area contributed by atoms with E-state index in [4.69, 9.17) is 6.42 Å². The summed E-state index contributed by atoms with van der Waals surface area (Å²) in [6, 6.07) is 3.48. The second kappa shape index (κ2) is 4.88. The predicted octanol–water partition coefficient (Wildman–Crippen LogP) is 2.83. The van der Waals surface area contributed by atoms with Crippen molar-refractivity contribution in [3.05, 3.63) is 35.4 Å². The number of hydrogen-bond acceptors (Lipinski definition) is 1. The van der Waals surface area contributed by atoms with E-state index in [1.54, 1.807) is 0 Å². The molecule has 0 aromatic heterocycles. The van der Waals surface area contributed by atoms with Crippen LogP contribution in [0, 0.1) is 24.0 Å². The number of halogens is 2. The fourth-order valence-electron chi connectivity index (χ4n) is 0.922. The highest BCUT2D eigenvalue weighted by atomic mass is 32.2. The molecule has 0 spiro atoms. The minimum atomic E-state index is -0.545. The SMILES string of the molecule is C#CCSCc1cc(F)cc(F)c1. The Kier molecular flexibility index (Phi) is 3.78. The fraction of sp³-hybridized carbons (Fsp3) is 0.200. The van der Waals surface area contributed by atoms with Gasteiger partial charge in [0.25, 0.3) is 0 Å². The molecule has 13 heavy (non-hydrogen) atoms. The standard InChI is InChI=1S/C10H8F2S/c1-2-3-13-7-8-4-9(11)6-10(12)5-8/h1,4-6H,3,7H2. The van der Waals surface area contributed by atoms with Gasteiger partial charge in [-0.1, -0.05) is 5.92 Å². The van der Waals surface area contributed by atoms with Crippen molar-refractivity contribution < 1.29 is 8.78 Å². The maximum Gasteiger partial charge on any atom is 0.126 e. The number of terminal acetylenes is 1. The summed E-state index contributed by atoms with van der Waals surface area (Å²) >= 11 is 1.45. The Labute approximate surface area is 80.3 Å². The van der Waals surface area contributed by atoms with Crippen LogP contribution in [0.1, 0.15) is 5.56 Å². The van der Waals surface area contributed by atoms with Gasteiger partial charge in [0.05, 0.1) is 5.75 Å². The van der Waals surface area contributed by atoms with E-state index in [1.165, 1.54) is 23.9 Å². The first-order valence-electron chi connectivity index (χ1n) is 3.68. The van der Waals surface area contributed by atoms with Crippen LogP contribution >= 0.6 is 11.8 Å². The molecule has 0 fully saturated rings. The van der Waals surface area contributed by atoms with E-state index in [0.717, 1.165) is 6.07 Å². The van der Waals surface area contributed by atoms with Gasteiger partial charge in [-0.05, 0) is 17.7 Å². The summed E-state index contributed by atoms with van der Waals surface area (Å²) in [5.41, 5.74) is 0.623. The zero-order valence-corrected chi connectivity index (χ0v) is 7.70. The topological polar surface area (TPSA) is 0 Å². The van der Waals surface area contributed by atoms with Gasteiger partial charge in [-0.15, -0.1) is 18.2 Å². The molecule has 0 bridgehead atoms. The molecule has 0 aliphatic rings. The van der Waals surface area contributed by atoms with Gasteiger partial charge in [-0.25, -0.2) is 8.78 Å². The Balaban J connectivity index is 2.62. The molecule has 68 valence electrons. The molecule has 0 saturated heterocycles. The van der Waals surface area contributed by atoms with Gasteiger partial charge in [0.15, 0.2) is 0 Å². The molecule has 0 heterocycles. The van der Waals surface area contributed by atoms with Crippen LogP contribution in [0.5, 0.6) is 0 Å². The molecule has 0 N–H and O–H groups in total. The normalized spacial score (nSPS) is 9.62. The zero-order chi connectivity index (χ0) is 9.68. The average molecular weight is 198 g/mol. The van der Waals surface area contributed by atoms with E-state index >= 15 is 0 Å². The molecule has 0 unspecified atom stereocenters. The second-order valence-electron chi connectivity index (χ2n) is 2.47. The molecule has 1 aromatic rings. The van der Waals surface area contributed by atoms with Crippen molar-refractivity contribution in [2.45, 2.75) is 5.75 Å². The number of thioether (sulfide) groups is 1. The molecule has 3 heteroatoms. The first-order chi connectivity index (χ1) is 6.22. The Bertz CT molecular complexity index is 308. The summed E-state index contributed by atoms with van der Waals surface area (Å²) in [6.07, 6.45) is 5.03. The average Bonchev–Trinajstić information content (AvgIpc) is 2.03. The summed E-state index contributed by atoms with van der Waals surface area (Å²) in [5.74, 6) is 2.45. The van der Waals surface area contributed by atoms with Crippen LogP contribution in [-0.4, -0.2) is 5.75 Å². The third kappa shape index (κ3) is 3.47. The maximum atomic E-state index is 12.6. The Hall–Kier alpha value is -1.01. The lowest BCUT2D eigenvalue weighted by atomic mass is 10.2. The number of benzene rings is 1. The van der Waals surface area contributed by atoms with E-state index in [1.807, 2.05) is 0 Å². The molecule has 0 radical (unpaired) electrons. The third-order valence-corrected chi connectivity index (χ3v) is 2.28. The van der Waals surface area contributed by atoms with Crippen LogP contribution in [0.4, 0.5) is 8.78 Å². The van der Waals surface area contributed by atoms with Gasteiger partial charge in [-0.2, -0.15) is 0 Å². The fourth-order valence-corrected chi connectivity index (χ4v) is 1.54. The lowest BCUT2D eigenvalue weighted by Gasteiger charge is -1.99. The Morgan fingerprint density at radius 3 is 2.38 bits per heavy atom. The summed E-state index contributed by atoms with van der Waals surface area (Å²) in [5, 5.41) is 0. The quantitative estimate of drug-likeness (QED) is 0.531. The van der Waals surface area contributed by atoms with E-state index < -0.39 is 11.6 Å². The largest absolute Gasteiger partial charge is 0.207 e. The van der Waals surface area contributed by atoms with E-state index in [9.17, 15) is 8.78 Å². The van der Waals surface area contributed by atoms with E-state index in [0.29, 0.717) is 17.1 Å². The molecule has 0 saturated carbocycles. The second-order valence-corrected chi connectivity index (χ2v) is 3.46. The first-order valence-corrected chi connectivity index (χ1v) is 4.84. The molecule has 0 nitrogen and oxygen atoms in total. The van der Waals surface area contributed by atoms with Gasteiger partial charge in [0, 0.05) is 11.8 Å². The maximum absolute atomic E-state index is 12.6. The lowest BCUT2D eigenvalue weighted by Crippen LogP contribution is -1.86. The van der Waals surface area contributed by atoms with Crippen LogP contribution in [-0.2, 0) is 5.75 Å². The van der Waals surface area contributed by atoms with Crippen LogP contribution in [0.2, 0.25) is 0 Å². The van der Waals surface area contributed by atoms with Gasteiger partial charge in [-0.3, -0.25) is 0 Å². The monoisotopic (exact) mass is 198 g/mol. The summed E-state index contributed by atoms with van der Waals surface area (Å²) < 4.78 is 25.3. The highest BCUT2D eigenvalue weighted by Crippen LogP contribution is 2.14. The molecular formula is C10H8F2S. The molecule has 0 atom stereocenters. The van der Waals surface area contributed by atoms with Crippen molar-refractivity contribution in [1.82, 2.24) is 0 Å². The minimum Gasteiger partial charge on any atom is -0.207 e. The predicted molar refractivity (Wildman–Crippen MR) is 51.4 cm³/mol. The van der Waals surface area contributed by atoms with Crippen molar-refractivity contribution in [3.63, 3.8) is 0 Å². The zero-order valence-electron chi connectivity index (χ0n) is 6.89. The molecule has 0 aliphatic carbocycles. The molecule has 1 aromatic carbocycles. The summed E-state index contributed by atoms with van der Waals surface area (Å²) in [4.78, 5) is 0. The molecule has 0 aliphatic heterocycles. The lowest BCUT2D eigenvalue weighted by molar-refractivity contribution is 0.581. The Morgan fingerprint density at radius 2 is 1.85 bits per heavy atom. The molecule has 1 rings (SSSR count). The van der Waals surface area contributed by atoms with Gasteiger partial charge < -0.3 is 0 Å². The van der Waals surface area contributed by atoms with Crippen molar-refractivity contribution in [1.29, 1.82) is 0 Å². The van der Waals surface area contributed by atoms with Gasteiger partial charge in [0.1, 0.15) is 11.6 Å². The molecular weight excluding hydrogens is 190 g/mol. The number of rotatable bonds is 3. The highest BCUT2D eigenvalue weighted by Gasteiger charge is 1.99. The molecule has 0 amide bonds. The highest BCUT2D eigenvalue weighted by molar-refractivity contribution is 7.98. The summed E-state index contributed by atoms with van der Waals surface area (Å²) in [7, 11) is 0. The van der Waals surface area contributed by atoms with Crippen LogP contribution in [0.3, 0.4) is 0 Å². The smallest absolute Gasteiger partial charge is 0.126 e. The first kappa shape index (κ1) is 10.1. The van der Waals surface area contributed by atoms with Crippen molar-refractivity contribution >= 4 is 11.8 Å². The Morgan fingerprint density at radius 1 is 1.23 bits per heavy atom. The van der Waals surface area contributed by atoms with Crippen LogP contribution in [0.25, 0.3) is 0 Å². The van der Waals surface area contributed by atoms with Crippen molar-refractivity contribution in [2.75, 3.05) is 5.75 Å². The van der Waals surface area contributed by atoms with Gasteiger partial charge in [0.2, 0.25) is 0 Å². The summed E-state index contributed by atoms with van der Waals surface area (Å²) in [6.45, 7) is 0. The van der Waals surface area contributed by atoms with Gasteiger partial charge >= 0.3 is 0 Å². The minimum absolute atomic E-state index is 0.541. The van der Waals surface area contributed by atoms with Crippen LogP contribution in [0.15, 0.2) is 18.2 Å². The van der Waals surface area contributed by atoms with Crippen molar-refractivity contribution in [3.8, 4) is 12.3 Å². The number of hydrogen-bond donors (Lipinski definition) is 0. The van der Waals surface area contributed by atoms with E-state index in [-0.39, 0.29) is 0 Å².